The Morgan fingerprint density at radius 2 is 1.81 bits per heavy atom. The van der Waals surface area contributed by atoms with Gasteiger partial charge in [0.25, 0.3) is 11.5 Å². The Morgan fingerprint density at radius 1 is 1.07 bits per heavy atom. The second-order valence-corrected chi connectivity index (χ2v) is 10.2. The highest BCUT2D eigenvalue weighted by Gasteiger charge is 2.29. The Morgan fingerprint density at radius 3 is 2.45 bits per heavy atom. The van der Waals surface area contributed by atoms with Crippen molar-refractivity contribution in [3.05, 3.63) is 106 Å². The number of anilines is 1. The number of nitrogens with zero attached hydrogens (tertiary/aromatic N) is 5. The third-order valence-electron chi connectivity index (χ3n) is 7.70. The second kappa shape index (κ2) is 12.1. The molecular formula is C32H30FN7O2. The Bertz CT molecular complexity index is 1770. The van der Waals surface area contributed by atoms with E-state index in [1.165, 1.54) is 16.7 Å². The number of nitrogens with two attached hydrogens (primary N) is 1. The third-order valence-corrected chi connectivity index (χ3v) is 7.70. The number of para-hydroxylation sites is 1. The van der Waals surface area contributed by atoms with E-state index in [1.54, 1.807) is 60.4 Å². The highest BCUT2D eigenvalue weighted by Crippen LogP contribution is 2.40. The summed E-state index contributed by atoms with van der Waals surface area (Å²) in [6.45, 7) is 3.71. The number of nitriles is 1. The van der Waals surface area contributed by atoms with Crippen LogP contribution in [0, 0.1) is 23.1 Å². The van der Waals surface area contributed by atoms with Gasteiger partial charge in [-0.05, 0) is 74.2 Å². The van der Waals surface area contributed by atoms with Crippen LogP contribution >= 0.6 is 0 Å². The molecule has 3 N–H and O–H groups in total. The quantitative estimate of drug-likeness (QED) is 0.234. The number of hydrogen-bond donors (Lipinski definition) is 2. The minimum Gasteiger partial charge on any atom is -0.382 e. The number of carbonyl (C=O) groups is 1. The highest BCUT2D eigenvalue weighted by molar-refractivity contribution is 6.05. The first-order chi connectivity index (χ1) is 20.4. The fraction of sp³-hybridized carbons (Fsp3) is 0.219. The fourth-order valence-corrected chi connectivity index (χ4v) is 5.51. The van der Waals surface area contributed by atoms with Gasteiger partial charge in [0.05, 0.1) is 6.07 Å². The molecule has 1 aliphatic carbocycles. The van der Waals surface area contributed by atoms with Gasteiger partial charge in [-0.15, -0.1) is 0 Å². The maximum Gasteiger partial charge on any atom is 0.267 e. The van der Waals surface area contributed by atoms with Crippen molar-refractivity contribution in [3.8, 4) is 22.9 Å². The highest BCUT2D eigenvalue weighted by atomic mass is 19.1. The lowest BCUT2D eigenvalue weighted by atomic mass is 9.81. The molecule has 0 radical (unpaired) electrons. The van der Waals surface area contributed by atoms with E-state index in [9.17, 15) is 14.9 Å². The minimum atomic E-state index is -0.655. The minimum absolute atomic E-state index is 0.0277. The van der Waals surface area contributed by atoms with E-state index in [1.807, 2.05) is 12.1 Å². The molecule has 1 aliphatic rings. The molecule has 4 aromatic rings. The predicted molar refractivity (Wildman–Crippen MR) is 162 cm³/mol. The fourth-order valence-electron chi connectivity index (χ4n) is 5.51. The zero-order valence-corrected chi connectivity index (χ0v) is 23.1. The molecule has 1 fully saturated rings. The first-order valence-electron chi connectivity index (χ1n) is 13.6. The summed E-state index contributed by atoms with van der Waals surface area (Å²) in [6.07, 6.45) is 4.70. The summed E-state index contributed by atoms with van der Waals surface area (Å²) < 4.78 is 18.7. The number of amidine groups is 1. The third kappa shape index (κ3) is 5.37. The lowest BCUT2D eigenvalue weighted by molar-refractivity contribution is 0.102. The molecular weight excluding hydrogens is 533 g/mol. The van der Waals surface area contributed by atoms with Gasteiger partial charge < -0.3 is 11.1 Å². The smallest absolute Gasteiger partial charge is 0.267 e. The van der Waals surface area contributed by atoms with E-state index in [0.29, 0.717) is 16.9 Å². The molecule has 0 bridgehead atoms. The topological polar surface area (TPSA) is 131 Å². The average molecular weight is 564 g/mol. The molecule has 0 atom stereocenters. The maximum atomic E-state index is 15.7. The number of halogens is 1. The zero-order chi connectivity index (χ0) is 29.8. The van der Waals surface area contributed by atoms with Crippen LogP contribution in [-0.2, 0) is 0 Å². The predicted octanol–water partition coefficient (Wildman–Crippen LogP) is 5.29. The van der Waals surface area contributed by atoms with E-state index < -0.39 is 17.3 Å². The van der Waals surface area contributed by atoms with Gasteiger partial charge in [-0.3, -0.25) is 19.1 Å². The number of aliphatic imine (C=N–C) groups is 1. The number of amides is 1. The number of rotatable bonds is 7. The van der Waals surface area contributed by atoms with Crippen molar-refractivity contribution < 1.29 is 9.18 Å². The van der Waals surface area contributed by atoms with Crippen LogP contribution in [-0.4, -0.2) is 34.8 Å². The first-order valence-corrected chi connectivity index (χ1v) is 13.6. The summed E-state index contributed by atoms with van der Waals surface area (Å²) in [5, 5.41) is 16.1. The summed E-state index contributed by atoms with van der Waals surface area (Å²) in [6, 6.07) is 20.5. The molecule has 42 heavy (non-hydrogen) atoms. The SMILES string of the molecule is C=Nn1c(C2CCC(C#N)CC2)cc(-c2ccc(NC(=O)c3cccn(-c4ccccc4)c3=O)cc2F)c1C(N)=NC. The molecule has 2 aromatic heterocycles. The van der Waals surface area contributed by atoms with Gasteiger partial charge in [0, 0.05) is 60.0 Å². The summed E-state index contributed by atoms with van der Waals surface area (Å²) in [5.41, 5.74) is 8.48. The van der Waals surface area contributed by atoms with Crippen molar-refractivity contribution in [2.24, 2.45) is 21.7 Å². The van der Waals surface area contributed by atoms with Gasteiger partial charge in [0.15, 0.2) is 0 Å². The standard InChI is InChI=1S/C32H30FN7O2/c1-36-30(35)29-26(18-28(40(29)37-2)21-12-10-20(19-34)11-13-21)24-15-14-22(17-27(24)33)38-31(41)25-9-6-16-39(32(25)42)23-7-4-3-5-8-23/h3-9,14-18,20-21H,2,10-13H2,1H3,(H2,35,36)(H,38,41). The molecule has 0 spiro atoms. The Hall–Kier alpha value is -5.30. The molecule has 1 amide bonds. The summed E-state index contributed by atoms with van der Waals surface area (Å²) in [5.74, 6) is -0.958. The van der Waals surface area contributed by atoms with Crippen molar-refractivity contribution in [3.63, 3.8) is 0 Å². The van der Waals surface area contributed by atoms with Crippen LogP contribution in [0.2, 0.25) is 0 Å². The number of carbonyl (C=O) groups excluding carboxylic acids is 1. The molecule has 2 aromatic carbocycles. The van der Waals surface area contributed by atoms with Gasteiger partial charge in [-0.25, -0.2) is 9.07 Å². The lowest BCUT2D eigenvalue weighted by Crippen LogP contribution is -2.27. The number of nitrogens with one attached hydrogen (secondary N) is 1. The summed E-state index contributed by atoms with van der Waals surface area (Å²) >= 11 is 0. The molecule has 1 saturated carbocycles. The number of benzene rings is 2. The van der Waals surface area contributed by atoms with Crippen molar-refractivity contribution in [2.75, 3.05) is 12.4 Å². The van der Waals surface area contributed by atoms with Crippen LogP contribution in [0.5, 0.6) is 0 Å². The molecule has 212 valence electrons. The molecule has 10 heteroatoms. The molecule has 0 aliphatic heterocycles. The number of pyridine rings is 1. The number of hydrogen-bond acceptors (Lipinski definition) is 5. The molecule has 0 saturated heterocycles. The van der Waals surface area contributed by atoms with Gasteiger partial charge >= 0.3 is 0 Å². The van der Waals surface area contributed by atoms with E-state index >= 15 is 4.39 Å². The van der Waals surface area contributed by atoms with Crippen molar-refractivity contribution >= 4 is 24.1 Å². The molecule has 0 unspecified atom stereocenters. The lowest BCUT2D eigenvalue weighted by Gasteiger charge is -2.25. The molecule has 2 heterocycles. The van der Waals surface area contributed by atoms with Crippen molar-refractivity contribution in [1.29, 1.82) is 5.26 Å². The van der Waals surface area contributed by atoms with Crippen LogP contribution < -0.4 is 16.6 Å². The van der Waals surface area contributed by atoms with Crippen LogP contribution in [0.1, 0.15) is 53.3 Å². The van der Waals surface area contributed by atoms with Crippen LogP contribution in [0.4, 0.5) is 10.1 Å². The summed E-state index contributed by atoms with van der Waals surface area (Å²) in [4.78, 5) is 30.2. The van der Waals surface area contributed by atoms with Crippen molar-refractivity contribution in [2.45, 2.75) is 31.6 Å². The maximum absolute atomic E-state index is 15.7. The molecule has 9 nitrogen and oxygen atoms in total. The molecule has 5 rings (SSSR count). The van der Waals surface area contributed by atoms with E-state index in [2.05, 4.69) is 28.2 Å². The van der Waals surface area contributed by atoms with Gasteiger partial charge in [0.1, 0.15) is 22.9 Å². The van der Waals surface area contributed by atoms with Crippen LogP contribution in [0.3, 0.4) is 0 Å². The van der Waals surface area contributed by atoms with Crippen LogP contribution in [0.25, 0.3) is 16.8 Å². The average Bonchev–Trinajstić information content (AvgIpc) is 3.40. The zero-order valence-electron chi connectivity index (χ0n) is 23.1. The van der Waals surface area contributed by atoms with Gasteiger partial charge in [0.2, 0.25) is 0 Å². The number of aromatic nitrogens is 2. The van der Waals surface area contributed by atoms with Gasteiger partial charge in [-0.1, -0.05) is 18.2 Å². The van der Waals surface area contributed by atoms with Gasteiger partial charge in [-0.2, -0.15) is 10.4 Å². The summed E-state index contributed by atoms with van der Waals surface area (Å²) in [7, 11) is 1.54. The van der Waals surface area contributed by atoms with Crippen LogP contribution in [0.15, 0.2) is 87.8 Å². The second-order valence-electron chi connectivity index (χ2n) is 10.2. The monoisotopic (exact) mass is 563 g/mol. The first kappa shape index (κ1) is 28.2. The Labute approximate surface area is 242 Å². The van der Waals surface area contributed by atoms with Crippen molar-refractivity contribution in [1.82, 2.24) is 9.24 Å². The Kier molecular flexibility index (Phi) is 8.11. The van der Waals surface area contributed by atoms with E-state index in [4.69, 9.17) is 5.73 Å². The Balaban J connectivity index is 1.46. The largest absolute Gasteiger partial charge is 0.382 e. The van der Waals surface area contributed by atoms with E-state index in [-0.39, 0.29) is 34.5 Å². The normalized spacial score (nSPS) is 16.9. The van der Waals surface area contributed by atoms with E-state index in [0.717, 1.165) is 31.4 Å².